The molecule has 0 spiro atoms. The van der Waals surface area contributed by atoms with E-state index in [9.17, 15) is 18.3 Å². The van der Waals surface area contributed by atoms with Crippen molar-refractivity contribution in [3.8, 4) is 0 Å². The summed E-state index contributed by atoms with van der Waals surface area (Å²) < 4.78 is 27.0. The van der Waals surface area contributed by atoms with E-state index in [4.69, 9.17) is 0 Å². The zero-order valence-electron chi connectivity index (χ0n) is 16.6. The largest absolute Gasteiger partial charge is 0.390 e. The summed E-state index contributed by atoms with van der Waals surface area (Å²) in [6.45, 7) is 4.43. The fourth-order valence-electron chi connectivity index (χ4n) is 6.19. The first-order chi connectivity index (χ1) is 13.2. The molecule has 4 atom stereocenters. The van der Waals surface area contributed by atoms with Crippen LogP contribution in [0, 0.1) is 17.3 Å². The Bertz CT molecular complexity index is 864. The number of aliphatic hydroxyl groups is 1. The van der Waals surface area contributed by atoms with Gasteiger partial charge in [0.15, 0.2) is 0 Å². The van der Waals surface area contributed by atoms with Crippen LogP contribution in [-0.4, -0.2) is 42.4 Å². The Labute approximate surface area is 167 Å². The Kier molecular flexibility index (Phi) is 4.83. The molecule has 0 radical (unpaired) electrons. The highest BCUT2D eigenvalue weighted by Crippen LogP contribution is 2.61. The molecule has 6 nitrogen and oxygen atoms in total. The smallest absolute Gasteiger partial charge is 0.243 e. The third-order valence-corrected chi connectivity index (χ3v) is 8.99. The van der Waals surface area contributed by atoms with Crippen LogP contribution in [0.25, 0.3) is 0 Å². The van der Waals surface area contributed by atoms with Crippen molar-refractivity contribution >= 4 is 21.6 Å². The molecule has 0 aliphatic heterocycles. The highest BCUT2D eigenvalue weighted by Gasteiger charge is 2.60. The van der Waals surface area contributed by atoms with Gasteiger partial charge in [-0.1, -0.05) is 19.9 Å². The lowest BCUT2D eigenvalue weighted by atomic mass is 9.47. The monoisotopic (exact) mass is 406 g/mol. The summed E-state index contributed by atoms with van der Waals surface area (Å²) >= 11 is 0. The number of nitrogens with zero attached hydrogens (tertiary/aromatic N) is 1. The Morgan fingerprint density at radius 1 is 1.18 bits per heavy atom. The molecule has 4 fully saturated rings. The molecule has 5 rings (SSSR count). The number of hydrogen-bond acceptors (Lipinski definition) is 4. The molecule has 2 N–H and O–H groups in total. The second kappa shape index (κ2) is 6.82. The second-order valence-electron chi connectivity index (χ2n) is 9.04. The SMILES string of the molecule is CCN(CC)S(=O)(=O)c1cccc(NC(=O)C23C[C@@H]4C[C@@H](CC(O)(C4)C2)C3)c1. The molecule has 4 aliphatic carbocycles. The van der Waals surface area contributed by atoms with Crippen LogP contribution in [0.4, 0.5) is 5.69 Å². The molecular formula is C21H30N2O4S. The number of benzene rings is 1. The molecular weight excluding hydrogens is 376 g/mol. The lowest BCUT2D eigenvalue weighted by Gasteiger charge is -2.59. The van der Waals surface area contributed by atoms with Gasteiger partial charge in [0.1, 0.15) is 0 Å². The van der Waals surface area contributed by atoms with Gasteiger partial charge in [0.05, 0.1) is 15.9 Å². The van der Waals surface area contributed by atoms with E-state index in [1.54, 1.807) is 24.3 Å². The van der Waals surface area contributed by atoms with Crippen LogP contribution < -0.4 is 5.32 Å². The highest BCUT2D eigenvalue weighted by atomic mass is 32.2. The highest BCUT2D eigenvalue weighted by molar-refractivity contribution is 7.89. The van der Waals surface area contributed by atoms with E-state index >= 15 is 0 Å². The van der Waals surface area contributed by atoms with Crippen LogP contribution in [0.5, 0.6) is 0 Å². The quantitative estimate of drug-likeness (QED) is 0.760. The van der Waals surface area contributed by atoms with E-state index in [1.165, 1.54) is 4.31 Å². The van der Waals surface area contributed by atoms with Crippen LogP contribution in [0.15, 0.2) is 29.2 Å². The van der Waals surface area contributed by atoms with Crippen LogP contribution in [-0.2, 0) is 14.8 Å². The van der Waals surface area contributed by atoms with Gasteiger partial charge >= 0.3 is 0 Å². The number of anilines is 1. The van der Waals surface area contributed by atoms with E-state index in [0.29, 0.717) is 37.0 Å². The van der Waals surface area contributed by atoms with Gasteiger partial charge in [-0.15, -0.1) is 0 Å². The number of amides is 1. The van der Waals surface area contributed by atoms with Gasteiger partial charge in [0.25, 0.3) is 0 Å². The van der Waals surface area contributed by atoms with Crippen molar-refractivity contribution in [2.75, 3.05) is 18.4 Å². The molecule has 1 aromatic carbocycles. The predicted octanol–water partition coefficient (Wildman–Crippen LogP) is 2.99. The molecule has 0 aromatic heterocycles. The average molecular weight is 407 g/mol. The molecule has 4 aliphatic rings. The zero-order chi connectivity index (χ0) is 20.2. The average Bonchev–Trinajstić information content (AvgIpc) is 2.60. The molecule has 0 saturated heterocycles. The van der Waals surface area contributed by atoms with E-state index < -0.39 is 21.0 Å². The van der Waals surface area contributed by atoms with Gasteiger partial charge in [0, 0.05) is 18.8 Å². The summed E-state index contributed by atoms with van der Waals surface area (Å²) in [4.78, 5) is 13.4. The van der Waals surface area contributed by atoms with Crippen LogP contribution in [0.1, 0.15) is 52.4 Å². The van der Waals surface area contributed by atoms with Crippen LogP contribution in [0.2, 0.25) is 0 Å². The first-order valence-electron chi connectivity index (χ1n) is 10.3. The van der Waals surface area contributed by atoms with E-state index in [2.05, 4.69) is 5.32 Å². The summed E-state index contributed by atoms with van der Waals surface area (Å²) in [6.07, 6.45) is 4.93. The Hall–Kier alpha value is -1.44. The Morgan fingerprint density at radius 3 is 2.39 bits per heavy atom. The standard InChI is InChI=1S/C21H30N2O4S/c1-3-23(4-2)28(26,27)18-7-5-6-17(9-18)22-19(24)20-10-15-8-16(11-20)13-21(25,12-15)14-20/h5-7,9,15-16,25H,3-4,8,10-14H2,1-2H3,(H,22,24)/t15-,16+,20?,21?. The van der Waals surface area contributed by atoms with Crippen molar-refractivity contribution in [2.45, 2.75) is 62.9 Å². The summed E-state index contributed by atoms with van der Waals surface area (Å²) in [7, 11) is -3.57. The van der Waals surface area contributed by atoms with Crippen molar-refractivity contribution in [3.05, 3.63) is 24.3 Å². The van der Waals surface area contributed by atoms with Crippen molar-refractivity contribution < 1.29 is 18.3 Å². The normalized spacial score (nSPS) is 34.0. The van der Waals surface area contributed by atoms with E-state index in [0.717, 1.165) is 32.1 Å². The summed E-state index contributed by atoms with van der Waals surface area (Å²) in [5.74, 6) is 0.773. The first kappa shape index (κ1) is 19.9. The van der Waals surface area contributed by atoms with Crippen molar-refractivity contribution in [1.82, 2.24) is 4.31 Å². The van der Waals surface area contributed by atoms with Gasteiger partial charge in [-0.05, 0) is 68.6 Å². The molecule has 154 valence electrons. The van der Waals surface area contributed by atoms with Gasteiger partial charge in [0.2, 0.25) is 15.9 Å². The van der Waals surface area contributed by atoms with Crippen LogP contribution >= 0.6 is 0 Å². The fourth-order valence-corrected chi connectivity index (χ4v) is 7.69. The number of nitrogens with one attached hydrogen (secondary N) is 1. The Balaban J connectivity index is 1.56. The summed E-state index contributed by atoms with van der Waals surface area (Å²) in [5, 5.41) is 13.9. The molecule has 28 heavy (non-hydrogen) atoms. The molecule has 0 heterocycles. The van der Waals surface area contributed by atoms with Crippen molar-refractivity contribution in [2.24, 2.45) is 17.3 Å². The third-order valence-electron chi connectivity index (χ3n) is 6.95. The Morgan fingerprint density at radius 2 is 1.82 bits per heavy atom. The lowest BCUT2D eigenvalue weighted by Crippen LogP contribution is -2.59. The molecule has 1 amide bonds. The van der Waals surface area contributed by atoms with Gasteiger partial charge in [-0.25, -0.2) is 8.42 Å². The predicted molar refractivity (Wildman–Crippen MR) is 107 cm³/mol. The number of carbonyl (C=O) groups excluding carboxylic acids is 1. The van der Waals surface area contributed by atoms with Gasteiger partial charge in [-0.3, -0.25) is 4.79 Å². The van der Waals surface area contributed by atoms with Crippen molar-refractivity contribution in [3.63, 3.8) is 0 Å². The first-order valence-corrected chi connectivity index (χ1v) is 11.8. The number of rotatable bonds is 6. The minimum atomic E-state index is -3.57. The maximum atomic E-state index is 13.2. The summed E-state index contributed by atoms with van der Waals surface area (Å²) in [5.41, 5.74) is -0.719. The van der Waals surface area contributed by atoms with Crippen LogP contribution in [0.3, 0.4) is 0 Å². The van der Waals surface area contributed by atoms with Crippen molar-refractivity contribution in [1.29, 1.82) is 0 Å². The zero-order valence-corrected chi connectivity index (χ0v) is 17.5. The number of sulfonamides is 1. The number of hydrogen-bond donors (Lipinski definition) is 2. The second-order valence-corrected chi connectivity index (χ2v) is 11.0. The van der Waals surface area contributed by atoms with E-state index in [1.807, 2.05) is 13.8 Å². The number of carbonyl (C=O) groups is 1. The maximum absolute atomic E-state index is 13.2. The summed E-state index contributed by atoms with van der Waals surface area (Å²) in [6, 6.07) is 6.51. The maximum Gasteiger partial charge on any atom is 0.243 e. The fraction of sp³-hybridized carbons (Fsp3) is 0.667. The van der Waals surface area contributed by atoms with Gasteiger partial charge in [-0.2, -0.15) is 4.31 Å². The lowest BCUT2D eigenvalue weighted by molar-refractivity contribution is -0.174. The topological polar surface area (TPSA) is 86.7 Å². The molecule has 4 bridgehead atoms. The van der Waals surface area contributed by atoms with Gasteiger partial charge < -0.3 is 10.4 Å². The third kappa shape index (κ3) is 3.27. The van der Waals surface area contributed by atoms with E-state index in [-0.39, 0.29) is 10.8 Å². The molecule has 7 heteroatoms. The molecule has 2 unspecified atom stereocenters. The molecule has 1 aromatic rings. The molecule has 4 saturated carbocycles. The minimum absolute atomic E-state index is 0.0718. The minimum Gasteiger partial charge on any atom is -0.390 e.